The van der Waals surface area contributed by atoms with E-state index in [9.17, 15) is 22.4 Å². The van der Waals surface area contributed by atoms with Crippen LogP contribution in [0, 0.1) is 12.7 Å². The van der Waals surface area contributed by atoms with Gasteiger partial charge in [-0.05, 0) is 42.8 Å². The third-order valence-electron chi connectivity index (χ3n) is 4.20. The summed E-state index contributed by atoms with van der Waals surface area (Å²) in [5.41, 5.74) is 0.573. The number of amides is 1. The molecule has 11 heteroatoms. The van der Waals surface area contributed by atoms with Crippen molar-refractivity contribution in [3.8, 4) is 17.1 Å². The molecule has 0 saturated carbocycles. The number of anilines is 1. The van der Waals surface area contributed by atoms with Gasteiger partial charge in [0.2, 0.25) is 0 Å². The van der Waals surface area contributed by atoms with Crippen molar-refractivity contribution in [2.24, 2.45) is 0 Å². The lowest BCUT2D eigenvalue weighted by atomic mass is 10.2. The number of rotatable bonds is 4. The van der Waals surface area contributed by atoms with Crippen LogP contribution in [0.25, 0.3) is 17.1 Å². The Morgan fingerprint density at radius 3 is 2.48 bits per heavy atom. The molecule has 0 aliphatic rings. The normalized spacial score (nSPS) is 11.5. The highest BCUT2D eigenvalue weighted by Gasteiger charge is 2.36. The van der Waals surface area contributed by atoms with Crippen LogP contribution in [0.4, 0.5) is 22.7 Å². The molecule has 3 heterocycles. The number of nitrogens with zero attached hydrogens (tertiary/aromatic N) is 4. The number of carbonyl (C=O) groups excluding carboxylic acids is 1. The van der Waals surface area contributed by atoms with Crippen LogP contribution in [0.2, 0.25) is 0 Å². The van der Waals surface area contributed by atoms with Crippen LogP contribution in [0.5, 0.6) is 0 Å². The van der Waals surface area contributed by atoms with Crippen LogP contribution in [-0.2, 0) is 6.18 Å². The van der Waals surface area contributed by atoms with Crippen molar-refractivity contribution < 1.29 is 22.4 Å². The Balaban J connectivity index is 1.64. The molecule has 0 saturated heterocycles. The second-order valence-corrected chi connectivity index (χ2v) is 7.37. The fourth-order valence-electron chi connectivity index (χ4n) is 2.69. The Hall–Kier alpha value is -3.60. The lowest BCUT2D eigenvalue weighted by Crippen LogP contribution is -2.17. The standard InChI is InChI=1S/C20H13F4N5OS/c1-11-2-7-14(25-9-11)15-10-31-19(26-15)27-18(30)16-8-17(20(22,23)24)28-29(16)13-5-3-12(21)4-6-13/h2-10H,1H3,(H,26,27,30). The minimum Gasteiger partial charge on any atom is -0.296 e. The molecule has 0 spiro atoms. The Morgan fingerprint density at radius 2 is 1.84 bits per heavy atom. The Bertz CT molecular complexity index is 1230. The number of benzene rings is 1. The summed E-state index contributed by atoms with van der Waals surface area (Å²) in [6.45, 7) is 1.89. The number of aryl methyl sites for hydroxylation is 1. The van der Waals surface area contributed by atoms with E-state index in [1.807, 2.05) is 13.0 Å². The first-order valence-corrected chi connectivity index (χ1v) is 9.72. The highest BCUT2D eigenvalue weighted by Crippen LogP contribution is 2.30. The molecule has 0 fully saturated rings. The second kappa shape index (κ2) is 7.91. The van der Waals surface area contributed by atoms with Gasteiger partial charge in [-0.2, -0.15) is 18.3 Å². The van der Waals surface area contributed by atoms with Crippen LogP contribution < -0.4 is 5.32 Å². The summed E-state index contributed by atoms with van der Waals surface area (Å²) in [5.74, 6) is -1.41. The summed E-state index contributed by atoms with van der Waals surface area (Å²) in [6.07, 6.45) is -3.08. The molecule has 31 heavy (non-hydrogen) atoms. The van der Waals surface area contributed by atoms with Gasteiger partial charge in [0.25, 0.3) is 5.91 Å². The quantitative estimate of drug-likeness (QED) is 0.442. The first kappa shape index (κ1) is 20.7. The summed E-state index contributed by atoms with van der Waals surface area (Å²) in [7, 11) is 0. The Labute approximate surface area is 177 Å². The van der Waals surface area contributed by atoms with Gasteiger partial charge in [0, 0.05) is 17.6 Å². The maximum absolute atomic E-state index is 13.2. The number of aromatic nitrogens is 4. The molecule has 4 aromatic rings. The lowest BCUT2D eigenvalue weighted by molar-refractivity contribution is -0.141. The van der Waals surface area contributed by atoms with Gasteiger partial charge < -0.3 is 0 Å². The molecule has 1 aromatic carbocycles. The SMILES string of the molecule is Cc1ccc(-c2csc(NC(=O)c3cc(C(F)(F)F)nn3-c3ccc(F)cc3)n2)nc1. The molecular formula is C20H13F4N5OS. The van der Waals surface area contributed by atoms with Crippen molar-refractivity contribution in [1.82, 2.24) is 19.7 Å². The number of hydrogen-bond acceptors (Lipinski definition) is 5. The summed E-state index contributed by atoms with van der Waals surface area (Å²) in [4.78, 5) is 21.3. The maximum Gasteiger partial charge on any atom is 0.435 e. The predicted octanol–water partition coefficient (Wildman–Crippen LogP) is 5.11. The van der Waals surface area contributed by atoms with Crippen molar-refractivity contribution in [2.75, 3.05) is 5.32 Å². The van der Waals surface area contributed by atoms with Gasteiger partial charge in [0.15, 0.2) is 10.8 Å². The minimum atomic E-state index is -4.76. The van der Waals surface area contributed by atoms with Crippen molar-refractivity contribution in [3.05, 3.63) is 76.8 Å². The van der Waals surface area contributed by atoms with E-state index in [1.165, 1.54) is 12.1 Å². The molecule has 0 bridgehead atoms. The molecule has 0 aliphatic carbocycles. The van der Waals surface area contributed by atoms with Crippen molar-refractivity contribution in [2.45, 2.75) is 13.1 Å². The number of alkyl halides is 3. The smallest absolute Gasteiger partial charge is 0.296 e. The van der Waals surface area contributed by atoms with E-state index in [0.717, 1.165) is 33.7 Å². The number of pyridine rings is 1. The van der Waals surface area contributed by atoms with Gasteiger partial charge in [0.05, 0.1) is 11.4 Å². The van der Waals surface area contributed by atoms with Gasteiger partial charge >= 0.3 is 6.18 Å². The molecule has 6 nitrogen and oxygen atoms in total. The molecule has 0 radical (unpaired) electrons. The highest BCUT2D eigenvalue weighted by molar-refractivity contribution is 7.14. The largest absolute Gasteiger partial charge is 0.435 e. The van der Waals surface area contributed by atoms with E-state index in [-0.39, 0.29) is 16.5 Å². The molecule has 4 rings (SSSR count). The average Bonchev–Trinajstić information content (AvgIpc) is 3.36. The zero-order valence-electron chi connectivity index (χ0n) is 15.8. The van der Waals surface area contributed by atoms with Gasteiger partial charge in [-0.25, -0.2) is 14.1 Å². The van der Waals surface area contributed by atoms with Gasteiger partial charge in [-0.3, -0.25) is 15.1 Å². The number of nitrogens with one attached hydrogen (secondary N) is 1. The fraction of sp³-hybridized carbons (Fsp3) is 0.100. The molecule has 0 atom stereocenters. The number of thiazole rings is 1. The highest BCUT2D eigenvalue weighted by atomic mass is 32.1. The lowest BCUT2D eigenvalue weighted by Gasteiger charge is -2.07. The molecular weight excluding hydrogens is 434 g/mol. The van der Waals surface area contributed by atoms with Gasteiger partial charge in [-0.15, -0.1) is 11.3 Å². The third kappa shape index (κ3) is 4.45. The third-order valence-corrected chi connectivity index (χ3v) is 4.96. The molecule has 1 amide bonds. The zero-order chi connectivity index (χ0) is 22.2. The summed E-state index contributed by atoms with van der Waals surface area (Å²) < 4.78 is 53.6. The van der Waals surface area contributed by atoms with E-state index < -0.39 is 23.6 Å². The van der Waals surface area contributed by atoms with Crippen molar-refractivity contribution in [1.29, 1.82) is 0 Å². The van der Waals surface area contributed by atoms with E-state index in [0.29, 0.717) is 17.5 Å². The van der Waals surface area contributed by atoms with Crippen LogP contribution >= 0.6 is 11.3 Å². The van der Waals surface area contributed by atoms with Crippen LogP contribution in [0.3, 0.4) is 0 Å². The average molecular weight is 447 g/mol. The summed E-state index contributed by atoms with van der Waals surface area (Å²) in [5, 5.41) is 7.83. The van der Waals surface area contributed by atoms with E-state index in [1.54, 1.807) is 17.6 Å². The van der Waals surface area contributed by atoms with E-state index in [2.05, 4.69) is 20.4 Å². The second-order valence-electron chi connectivity index (χ2n) is 6.51. The topological polar surface area (TPSA) is 72.7 Å². The number of hydrogen-bond donors (Lipinski definition) is 1. The maximum atomic E-state index is 13.2. The molecule has 1 N–H and O–H groups in total. The number of carbonyl (C=O) groups is 1. The number of halogens is 4. The van der Waals surface area contributed by atoms with Crippen LogP contribution in [0.15, 0.2) is 54.0 Å². The van der Waals surface area contributed by atoms with Gasteiger partial charge in [0.1, 0.15) is 17.2 Å². The van der Waals surface area contributed by atoms with E-state index in [4.69, 9.17) is 0 Å². The van der Waals surface area contributed by atoms with Crippen LogP contribution in [0.1, 0.15) is 21.7 Å². The van der Waals surface area contributed by atoms with Crippen LogP contribution in [-0.4, -0.2) is 25.7 Å². The molecule has 0 unspecified atom stereocenters. The Morgan fingerprint density at radius 1 is 1.10 bits per heavy atom. The molecule has 0 aliphatic heterocycles. The predicted molar refractivity (Wildman–Crippen MR) is 107 cm³/mol. The zero-order valence-corrected chi connectivity index (χ0v) is 16.6. The Kier molecular flexibility index (Phi) is 5.27. The van der Waals surface area contributed by atoms with Crippen molar-refractivity contribution >= 4 is 22.4 Å². The van der Waals surface area contributed by atoms with E-state index >= 15 is 0 Å². The monoisotopic (exact) mass is 447 g/mol. The first-order valence-electron chi connectivity index (χ1n) is 8.84. The summed E-state index contributed by atoms with van der Waals surface area (Å²) in [6, 6.07) is 8.85. The summed E-state index contributed by atoms with van der Waals surface area (Å²) >= 11 is 1.10. The molecule has 3 aromatic heterocycles. The molecule has 158 valence electrons. The van der Waals surface area contributed by atoms with Crippen molar-refractivity contribution in [3.63, 3.8) is 0 Å². The fourth-order valence-corrected chi connectivity index (χ4v) is 3.39. The first-order chi connectivity index (χ1) is 14.7. The minimum absolute atomic E-state index is 0.103. The van der Waals surface area contributed by atoms with Gasteiger partial charge in [-0.1, -0.05) is 6.07 Å².